The average molecular weight is 343 g/mol. The number of nitriles is 1. The van der Waals surface area contributed by atoms with Crippen LogP contribution in [0.15, 0.2) is 42.5 Å². The van der Waals surface area contributed by atoms with Crippen molar-refractivity contribution in [1.82, 2.24) is 4.31 Å². The molecule has 7 heteroatoms. The number of methoxy groups -OCH3 is 1. The van der Waals surface area contributed by atoms with Gasteiger partial charge in [-0.3, -0.25) is 0 Å². The molecule has 1 unspecified atom stereocenters. The van der Waals surface area contributed by atoms with Crippen LogP contribution in [0.5, 0.6) is 5.75 Å². The van der Waals surface area contributed by atoms with Crippen molar-refractivity contribution < 1.29 is 13.2 Å². The van der Waals surface area contributed by atoms with Gasteiger partial charge in [0.15, 0.2) is 0 Å². The van der Waals surface area contributed by atoms with Crippen LogP contribution in [0.25, 0.3) is 0 Å². The topological polar surface area (TPSA) is 96.4 Å². The van der Waals surface area contributed by atoms with Gasteiger partial charge in [0.1, 0.15) is 5.75 Å². The van der Waals surface area contributed by atoms with Crippen molar-refractivity contribution in [3.8, 4) is 11.8 Å². The fraction of sp³-hybridized carbons (Fsp3) is 0.235. The summed E-state index contributed by atoms with van der Waals surface area (Å²) in [4.78, 5) is 0. The maximum absolute atomic E-state index is 12.1. The monoisotopic (exact) mass is 343 g/mol. The number of ether oxygens (including phenoxy) is 1. The molecule has 2 aromatic carbocycles. The standard InChI is InChI=1S/C17H17N3O3S/c1-23-15-6-7-16-14(10-15)8-9-20(24(19,21)22)17(16)13-4-2-12(11-18)3-5-13/h2-7,10,17H,8-9H2,1H3,(H2,19,21,22). The molecule has 0 amide bonds. The van der Waals surface area contributed by atoms with Gasteiger partial charge < -0.3 is 4.74 Å². The summed E-state index contributed by atoms with van der Waals surface area (Å²) in [6, 6.07) is 14.0. The summed E-state index contributed by atoms with van der Waals surface area (Å²) in [7, 11) is -2.26. The number of rotatable bonds is 3. The summed E-state index contributed by atoms with van der Waals surface area (Å²) >= 11 is 0. The van der Waals surface area contributed by atoms with E-state index in [1.54, 1.807) is 31.4 Å². The molecule has 0 bridgehead atoms. The van der Waals surface area contributed by atoms with E-state index in [2.05, 4.69) is 6.07 Å². The highest BCUT2D eigenvalue weighted by Crippen LogP contribution is 2.37. The number of hydrogen-bond acceptors (Lipinski definition) is 4. The highest BCUT2D eigenvalue weighted by Gasteiger charge is 2.34. The van der Waals surface area contributed by atoms with Crippen LogP contribution < -0.4 is 9.88 Å². The van der Waals surface area contributed by atoms with Gasteiger partial charge in [0, 0.05) is 6.54 Å². The lowest BCUT2D eigenvalue weighted by Crippen LogP contribution is -2.44. The van der Waals surface area contributed by atoms with Crippen LogP contribution in [-0.4, -0.2) is 26.4 Å². The lowest BCUT2D eigenvalue weighted by Gasteiger charge is -2.35. The van der Waals surface area contributed by atoms with E-state index in [1.165, 1.54) is 4.31 Å². The van der Waals surface area contributed by atoms with Gasteiger partial charge in [-0.2, -0.15) is 18.0 Å². The molecular weight excluding hydrogens is 326 g/mol. The van der Waals surface area contributed by atoms with E-state index < -0.39 is 16.3 Å². The minimum atomic E-state index is -3.86. The van der Waals surface area contributed by atoms with Gasteiger partial charge in [-0.15, -0.1) is 0 Å². The normalized spacial score (nSPS) is 17.8. The molecule has 3 rings (SSSR count). The quantitative estimate of drug-likeness (QED) is 0.917. The molecule has 0 spiro atoms. The van der Waals surface area contributed by atoms with Crippen LogP contribution in [0.4, 0.5) is 0 Å². The van der Waals surface area contributed by atoms with Gasteiger partial charge in [-0.1, -0.05) is 18.2 Å². The zero-order chi connectivity index (χ0) is 17.3. The van der Waals surface area contributed by atoms with E-state index in [0.717, 1.165) is 22.4 Å². The summed E-state index contributed by atoms with van der Waals surface area (Å²) in [6.07, 6.45) is 0.565. The van der Waals surface area contributed by atoms with Crippen LogP contribution >= 0.6 is 0 Å². The van der Waals surface area contributed by atoms with Crippen molar-refractivity contribution in [2.75, 3.05) is 13.7 Å². The minimum absolute atomic E-state index is 0.295. The van der Waals surface area contributed by atoms with Crippen LogP contribution in [-0.2, 0) is 16.6 Å². The molecule has 1 atom stereocenters. The zero-order valence-corrected chi connectivity index (χ0v) is 14.0. The number of fused-ring (bicyclic) bond motifs is 1. The third kappa shape index (κ3) is 2.99. The van der Waals surface area contributed by atoms with Crippen LogP contribution in [0.2, 0.25) is 0 Å². The predicted molar refractivity (Wildman–Crippen MR) is 89.5 cm³/mol. The highest BCUT2D eigenvalue weighted by molar-refractivity contribution is 7.86. The summed E-state index contributed by atoms with van der Waals surface area (Å²) in [5, 5.41) is 14.4. The highest BCUT2D eigenvalue weighted by atomic mass is 32.2. The first kappa shape index (κ1) is 16.5. The second kappa shape index (κ2) is 6.24. The van der Waals surface area contributed by atoms with Crippen molar-refractivity contribution in [3.05, 3.63) is 64.7 Å². The molecule has 1 aliphatic heterocycles. The van der Waals surface area contributed by atoms with Crippen LogP contribution in [0.1, 0.15) is 28.3 Å². The Kier molecular flexibility index (Phi) is 4.28. The van der Waals surface area contributed by atoms with Gasteiger partial charge in [0.05, 0.1) is 24.8 Å². The Labute approximate surface area is 141 Å². The van der Waals surface area contributed by atoms with Crippen LogP contribution in [0.3, 0.4) is 0 Å². The molecule has 2 aromatic rings. The summed E-state index contributed by atoms with van der Waals surface area (Å²) in [5.41, 5.74) is 3.20. The van der Waals surface area contributed by atoms with E-state index in [4.69, 9.17) is 15.1 Å². The molecular formula is C17H17N3O3S. The minimum Gasteiger partial charge on any atom is -0.497 e. The smallest absolute Gasteiger partial charge is 0.277 e. The molecule has 2 N–H and O–H groups in total. The Morgan fingerprint density at radius 2 is 1.96 bits per heavy atom. The molecule has 0 saturated carbocycles. The number of hydrogen-bond donors (Lipinski definition) is 1. The first-order valence-electron chi connectivity index (χ1n) is 7.40. The molecule has 6 nitrogen and oxygen atoms in total. The maximum Gasteiger partial charge on any atom is 0.277 e. The van der Waals surface area contributed by atoms with Gasteiger partial charge in [-0.25, -0.2) is 5.14 Å². The van der Waals surface area contributed by atoms with Gasteiger partial charge >= 0.3 is 0 Å². The number of nitrogens with two attached hydrogens (primary N) is 1. The Morgan fingerprint density at radius 3 is 2.54 bits per heavy atom. The van der Waals surface area contributed by atoms with Crippen molar-refractivity contribution >= 4 is 10.2 Å². The molecule has 0 saturated heterocycles. The predicted octanol–water partition coefficient (Wildman–Crippen LogP) is 1.72. The number of benzene rings is 2. The van der Waals surface area contributed by atoms with E-state index in [0.29, 0.717) is 18.5 Å². The third-order valence-corrected chi connectivity index (χ3v) is 5.26. The van der Waals surface area contributed by atoms with Crippen molar-refractivity contribution in [1.29, 1.82) is 5.26 Å². The number of nitrogens with zero attached hydrogens (tertiary/aromatic N) is 2. The summed E-state index contributed by atoms with van der Waals surface area (Å²) in [5.74, 6) is 0.733. The van der Waals surface area contributed by atoms with Crippen molar-refractivity contribution in [3.63, 3.8) is 0 Å². The Bertz CT molecular complexity index is 902. The van der Waals surface area contributed by atoms with Gasteiger partial charge in [0.25, 0.3) is 10.2 Å². The average Bonchev–Trinajstić information content (AvgIpc) is 2.59. The lowest BCUT2D eigenvalue weighted by molar-refractivity contribution is 0.343. The molecule has 0 radical (unpaired) electrons. The van der Waals surface area contributed by atoms with E-state index in [-0.39, 0.29) is 0 Å². The second-order valence-electron chi connectivity index (χ2n) is 5.61. The molecule has 1 aliphatic rings. The van der Waals surface area contributed by atoms with E-state index in [1.807, 2.05) is 18.2 Å². The first-order valence-corrected chi connectivity index (χ1v) is 8.91. The largest absolute Gasteiger partial charge is 0.497 e. The SMILES string of the molecule is COc1ccc2c(c1)CCN(S(N)(=O)=O)C2c1ccc(C#N)cc1. The van der Waals surface area contributed by atoms with E-state index >= 15 is 0 Å². The molecule has 24 heavy (non-hydrogen) atoms. The fourth-order valence-electron chi connectivity index (χ4n) is 3.07. The molecule has 0 aromatic heterocycles. The Hall–Kier alpha value is -2.40. The van der Waals surface area contributed by atoms with Crippen LogP contribution in [0, 0.1) is 11.3 Å². The van der Waals surface area contributed by atoms with E-state index in [9.17, 15) is 8.42 Å². The molecule has 0 aliphatic carbocycles. The fourth-order valence-corrected chi connectivity index (χ4v) is 3.94. The first-order chi connectivity index (χ1) is 11.4. The third-order valence-electron chi connectivity index (χ3n) is 4.22. The van der Waals surface area contributed by atoms with Crippen molar-refractivity contribution in [2.45, 2.75) is 12.5 Å². The van der Waals surface area contributed by atoms with Crippen molar-refractivity contribution in [2.24, 2.45) is 5.14 Å². The zero-order valence-electron chi connectivity index (χ0n) is 13.1. The lowest BCUT2D eigenvalue weighted by atomic mass is 9.89. The maximum atomic E-state index is 12.1. The summed E-state index contributed by atoms with van der Waals surface area (Å²) < 4.78 is 30.7. The summed E-state index contributed by atoms with van der Waals surface area (Å²) in [6.45, 7) is 0.295. The Balaban J connectivity index is 2.14. The molecule has 0 fully saturated rings. The van der Waals surface area contributed by atoms with Gasteiger partial charge in [-0.05, 0) is 47.4 Å². The molecule has 1 heterocycles. The second-order valence-corrected chi connectivity index (χ2v) is 7.11. The Morgan fingerprint density at radius 1 is 1.25 bits per heavy atom. The van der Waals surface area contributed by atoms with Gasteiger partial charge in [0.2, 0.25) is 0 Å². The molecule has 124 valence electrons.